The summed E-state index contributed by atoms with van der Waals surface area (Å²) in [5.74, 6) is 0.0389. The van der Waals surface area contributed by atoms with Gasteiger partial charge in [-0.05, 0) is 25.0 Å². The molecule has 0 saturated heterocycles. The minimum absolute atomic E-state index is 0.194. The second-order valence-corrected chi connectivity index (χ2v) is 4.83. The Morgan fingerprint density at radius 3 is 2.22 bits per heavy atom. The van der Waals surface area contributed by atoms with E-state index in [0.29, 0.717) is 5.56 Å². The summed E-state index contributed by atoms with van der Waals surface area (Å²) in [7, 11) is 0. The monoisotopic (exact) mass is 271 g/mol. The Balaban J connectivity index is 2.91. The van der Waals surface area contributed by atoms with Gasteiger partial charge in [-0.1, -0.05) is 32.8 Å². The van der Waals surface area contributed by atoms with Gasteiger partial charge in [0.25, 0.3) is 0 Å². The van der Waals surface area contributed by atoms with Crippen molar-refractivity contribution in [2.75, 3.05) is 18.0 Å². The lowest BCUT2D eigenvalue weighted by Gasteiger charge is -2.27. The first-order valence-corrected chi connectivity index (χ1v) is 7.36. The van der Waals surface area contributed by atoms with E-state index in [1.165, 1.54) is 6.07 Å². The summed E-state index contributed by atoms with van der Waals surface area (Å²) >= 11 is 5.88. The molecule has 1 rings (SSSR count). The van der Waals surface area contributed by atoms with Crippen LogP contribution in [0, 0.1) is 5.82 Å². The average Bonchev–Trinajstić information content (AvgIpc) is 2.39. The van der Waals surface area contributed by atoms with Gasteiger partial charge in [0.2, 0.25) is 0 Å². The normalized spacial score (nSPS) is 10.7. The van der Waals surface area contributed by atoms with Crippen LogP contribution in [0.15, 0.2) is 18.2 Å². The predicted octanol–water partition coefficient (Wildman–Crippen LogP) is 4.97. The van der Waals surface area contributed by atoms with Crippen LogP contribution < -0.4 is 4.90 Å². The zero-order valence-corrected chi connectivity index (χ0v) is 12.1. The van der Waals surface area contributed by atoms with Crippen molar-refractivity contribution in [2.24, 2.45) is 0 Å². The van der Waals surface area contributed by atoms with Gasteiger partial charge in [0.1, 0.15) is 5.82 Å². The Bertz CT molecular complexity index is 346. The molecule has 1 aromatic carbocycles. The molecule has 0 spiro atoms. The first-order valence-electron chi connectivity index (χ1n) is 6.82. The second-order valence-electron chi connectivity index (χ2n) is 4.57. The molecule has 0 radical (unpaired) electrons. The van der Waals surface area contributed by atoms with E-state index >= 15 is 0 Å². The van der Waals surface area contributed by atoms with Gasteiger partial charge in [-0.15, -0.1) is 11.6 Å². The van der Waals surface area contributed by atoms with Gasteiger partial charge < -0.3 is 4.90 Å². The Labute approximate surface area is 115 Å². The molecule has 102 valence electrons. The van der Waals surface area contributed by atoms with Crippen molar-refractivity contribution in [1.82, 2.24) is 0 Å². The standard InChI is InChI=1S/C15H23ClFN/c1-3-5-10-18(11-6-4-2)15-9-7-8-14(17)13(15)12-16/h7-9H,3-6,10-12H2,1-2H3. The van der Waals surface area contributed by atoms with Crippen molar-refractivity contribution in [3.05, 3.63) is 29.6 Å². The number of unbranched alkanes of at least 4 members (excludes halogenated alkanes) is 2. The number of nitrogens with zero attached hydrogens (tertiary/aromatic N) is 1. The number of rotatable bonds is 8. The van der Waals surface area contributed by atoms with E-state index in [2.05, 4.69) is 18.7 Å². The maximum absolute atomic E-state index is 13.7. The summed E-state index contributed by atoms with van der Waals surface area (Å²) in [4.78, 5) is 2.27. The fraction of sp³-hybridized carbons (Fsp3) is 0.600. The van der Waals surface area contributed by atoms with E-state index < -0.39 is 0 Å². The summed E-state index contributed by atoms with van der Waals surface area (Å²) in [5.41, 5.74) is 1.60. The number of alkyl halides is 1. The zero-order chi connectivity index (χ0) is 13.4. The van der Waals surface area contributed by atoms with Crippen LogP contribution in [-0.4, -0.2) is 13.1 Å². The Kier molecular flexibility index (Phi) is 7.11. The van der Waals surface area contributed by atoms with Crippen LogP contribution in [-0.2, 0) is 5.88 Å². The third-order valence-corrected chi connectivity index (χ3v) is 3.40. The van der Waals surface area contributed by atoms with Crippen LogP contribution in [0.2, 0.25) is 0 Å². The number of hydrogen-bond acceptors (Lipinski definition) is 1. The van der Waals surface area contributed by atoms with Gasteiger partial charge in [0, 0.05) is 24.3 Å². The van der Waals surface area contributed by atoms with Crippen molar-refractivity contribution in [3.8, 4) is 0 Å². The molecule has 1 nitrogen and oxygen atoms in total. The highest BCUT2D eigenvalue weighted by Crippen LogP contribution is 2.25. The molecule has 0 aromatic heterocycles. The maximum atomic E-state index is 13.7. The van der Waals surface area contributed by atoms with E-state index in [9.17, 15) is 4.39 Å². The number of hydrogen-bond donors (Lipinski definition) is 0. The van der Waals surface area contributed by atoms with E-state index in [1.807, 2.05) is 6.07 Å². The summed E-state index contributed by atoms with van der Waals surface area (Å²) in [6.07, 6.45) is 4.55. The molecule has 0 aliphatic carbocycles. The molecule has 0 atom stereocenters. The van der Waals surface area contributed by atoms with Gasteiger partial charge in [-0.25, -0.2) is 4.39 Å². The highest BCUT2D eigenvalue weighted by Gasteiger charge is 2.13. The fourth-order valence-corrected chi connectivity index (χ4v) is 2.29. The second kappa shape index (κ2) is 8.36. The molecule has 0 saturated carbocycles. The van der Waals surface area contributed by atoms with Crippen LogP contribution >= 0.6 is 11.6 Å². The lowest BCUT2D eigenvalue weighted by atomic mass is 10.1. The molecule has 3 heteroatoms. The molecule has 0 N–H and O–H groups in total. The molecule has 0 aliphatic heterocycles. The summed E-state index contributed by atoms with van der Waals surface area (Å²) in [6, 6.07) is 5.23. The molecule has 0 fully saturated rings. The van der Waals surface area contributed by atoms with E-state index in [0.717, 1.165) is 44.5 Å². The molecule has 0 bridgehead atoms. The molecule has 18 heavy (non-hydrogen) atoms. The van der Waals surface area contributed by atoms with Crippen molar-refractivity contribution in [2.45, 2.75) is 45.4 Å². The molecule has 0 unspecified atom stereocenters. The largest absolute Gasteiger partial charge is 0.371 e. The van der Waals surface area contributed by atoms with Crippen LogP contribution in [0.25, 0.3) is 0 Å². The Hall–Kier alpha value is -0.760. The molecule has 0 aliphatic rings. The van der Waals surface area contributed by atoms with Gasteiger partial charge in [0.05, 0.1) is 5.88 Å². The SMILES string of the molecule is CCCCN(CCCC)c1cccc(F)c1CCl. The molecular weight excluding hydrogens is 249 g/mol. The quantitative estimate of drug-likeness (QED) is 0.603. The molecule has 0 amide bonds. The zero-order valence-electron chi connectivity index (χ0n) is 11.4. The topological polar surface area (TPSA) is 3.24 Å². The van der Waals surface area contributed by atoms with Crippen molar-refractivity contribution in [1.29, 1.82) is 0 Å². The summed E-state index contributed by atoms with van der Waals surface area (Å²) in [5, 5.41) is 0. The van der Waals surface area contributed by atoms with E-state index in [4.69, 9.17) is 11.6 Å². The lowest BCUT2D eigenvalue weighted by molar-refractivity contribution is 0.612. The fourth-order valence-electron chi connectivity index (χ4n) is 2.03. The van der Waals surface area contributed by atoms with Crippen molar-refractivity contribution < 1.29 is 4.39 Å². The van der Waals surface area contributed by atoms with Gasteiger partial charge >= 0.3 is 0 Å². The Morgan fingerprint density at radius 2 is 1.72 bits per heavy atom. The molecule has 0 heterocycles. The number of anilines is 1. The van der Waals surface area contributed by atoms with Crippen LogP contribution in [0.4, 0.5) is 10.1 Å². The molecular formula is C15H23ClFN. The summed E-state index contributed by atoms with van der Waals surface area (Å²) < 4.78 is 13.7. The summed E-state index contributed by atoms with van der Waals surface area (Å²) in [6.45, 7) is 6.30. The third kappa shape index (κ3) is 4.16. The van der Waals surface area contributed by atoms with Crippen molar-refractivity contribution >= 4 is 17.3 Å². The molecule has 1 aromatic rings. The lowest BCUT2D eigenvalue weighted by Crippen LogP contribution is -2.26. The predicted molar refractivity (Wildman–Crippen MR) is 78.0 cm³/mol. The van der Waals surface area contributed by atoms with Crippen molar-refractivity contribution in [3.63, 3.8) is 0 Å². The van der Waals surface area contributed by atoms with Crippen LogP contribution in [0.5, 0.6) is 0 Å². The number of halogens is 2. The van der Waals surface area contributed by atoms with E-state index in [-0.39, 0.29) is 11.7 Å². The first-order chi connectivity index (χ1) is 8.74. The maximum Gasteiger partial charge on any atom is 0.129 e. The highest BCUT2D eigenvalue weighted by atomic mass is 35.5. The average molecular weight is 272 g/mol. The Morgan fingerprint density at radius 1 is 1.11 bits per heavy atom. The van der Waals surface area contributed by atoms with Crippen LogP contribution in [0.3, 0.4) is 0 Å². The van der Waals surface area contributed by atoms with Gasteiger partial charge in [-0.3, -0.25) is 0 Å². The minimum Gasteiger partial charge on any atom is -0.371 e. The third-order valence-electron chi connectivity index (χ3n) is 3.13. The first kappa shape index (κ1) is 15.3. The number of benzene rings is 1. The van der Waals surface area contributed by atoms with Gasteiger partial charge in [-0.2, -0.15) is 0 Å². The minimum atomic E-state index is -0.194. The highest BCUT2D eigenvalue weighted by molar-refractivity contribution is 6.17. The van der Waals surface area contributed by atoms with Crippen LogP contribution in [0.1, 0.15) is 45.1 Å². The van der Waals surface area contributed by atoms with E-state index in [1.54, 1.807) is 6.07 Å². The van der Waals surface area contributed by atoms with Gasteiger partial charge in [0.15, 0.2) is 0 Å². The smallest absolute Gasteiger partial charge is 0.129 e.